The molecule has 0 atom stereocenters. The van der Waals surface area contributed by atoms with E-state index in [4.69, 9.17) is 5.73 Å². The van der Waals surface area contributed by atoms with Gasteiger partial charge in [-0.3, -0.25) is 4.68 Å². The fourth-order valence-electron chi connectivity index (χ4n) is 2.18. The van der Waals surface area contributed by atoms with Crippen LogP contribution in [0, 0.1) is 13.8 Å². The number of thiazole rings is 1. The van der Waals surface area contributed by atoms with E-state index in [0.29, 0.717) is 24.5 Å². The van der Waals surface area contributed by atoms with Crippen molar-refractivity contribution in [2.24, 2.45) is 5.73 Å². The lowest BCUT2D eigenvalue weighted by Crippen LogP contribution is -2.27. The minimum Gasteiger partial charge on any atom is -0.329 e. The SMILES string of the molecule is Cc1nn(CCN)c(C)c1S(=O)(=O)N(C)Cc1cscn1. The van der Waals surface area contributed by atoms with Gasteiger partial charge < -0.3 is 5.73 Å². The number of aryl methyl sites for hydroxylation is 1. The Morgan fingerprint density at radius 2 is 2.14 bits per heavy atom. The maximum atomic E-state index is 12.7. The van der Waals surface area contributed by atoms with E-state index in [2.05, 4.69) is 10.1 Å². The Kier molecular flexibility index (Phi) is 4.77. The molecule has 7 nitrogen and oxygen atoms in total. The zero-order chi connectivity index (χ0) is 15.6. The normalized spacial score (nSPS) is 12.2. The Labute approximate surface area is 128 Å². The maximum Gasteiger partial charge on any atom is 0.246 e. The molecule has 2 aromatic heterocycles. The molecular weight excluding hydrogens is 310 g/mol. The molecule has 0 saturated heterocycles. The van der Waals surface area contributed by atoms with Crippen LogP contribution in [0.15, 0.2) is 15.8 Å². The molecule has 2 rings (SSSR count). The van der Waals surface area contributed by atoms with Crippen molar-refractivity contribution < 1.29 is 8.42 Å². The van der Waals surface area contributed by atoms with Crippen molar-refractivity contribution in [1.82, 2.24) is 19.1 Å². The topological polar surface area (TPSA) is 94.1 Å². The molecule has 116 valence electrons. The molecule has 2 heterocycles. The van der Waals surface area contributed by atoms with E-state index in [0.717, 1.165) is 5.69 Å². The Morgan fingerprint density at radius 1 is 1.43 bits per heavy atom. The second-order valence-corrected chi connectivity index (χ2v) is 7.45. The van der Waals surface area contributed by atoms with Crippen molar-refractivity contribution in [1.29, 1.82) is 0 Å². The third kappa shape index (κ3) is 3.15. The lowest BCUT2D eigenvalue weighted by Gasteiger charge is -2.16. The number of rotatable bonds is 6. The maximum absolute atomic E-state index is 12.7. The first-order valence-electron chi connectivity index (χ1n) is 6.45. The van der Waals surface area contributed by atoms with Crippen LogP contribution in [0.3, 0.4) is 0 Å². The molecule has 0 fully saturated rings. The molecule has 0 aliphatic rings. The smallest absolute Gasteiger partial charge is 0.246 e. The summed E-state index contributed by atoms with van der Waals surface area (Å²) in [5.41, 5.74) is 9.04. The molecule has 2 N–H and O–H groups in total. The molecule has 0 amide bonds. The molecule has 0 saturated carbocycles. The highest BCUT2D eigenvalue weighted by atomic mass is 32.2. The summed E-state index contributed by atoms with van der Waals surface area (Å²) in [6.07, 6.45) is 0. The molecule has 0 radical (unpaired) electrons. The highest BCUT2D eigenvalue weighted by Crippen LogP contribution is 2.23. The fraction of sp³-hybridized carbons (Fsp3) is 0.500. The number of nitrogens with zero attached hydrogens (tertiary/aromatic N) is 4. The predicted octanol–water partition coefficient (Wildman–Crippen LogP) is 0.736. The molecule has 0 bridgehead atoms. The van der Waals surface area contributed by atoms with Gasteiger partial charge in [0.15, 0.2) is 0 Å². The summed E-state index contributed by atoms with van der Waals surface area (Å²) in [7, 11) is -2.05. The average molecular weight is 329 g/mol. The summed E-state index contributed by atoms with van der Waals surface area (Å²) in [6.45, 7) is 4.60. The lowest BCUT2D eigenvalue weighted by molar-refractivity contribution is 0.462. The van der Waals surface area contributed by atoms with E-state index in [9.17, 15) is 8.42 Å². The van der Waals surface area contributed by atoms with E-state index in [1.165, 1.54) is 15.6 Å². The van der Waals surface area contributed by atoms with Gasteiger partial charge in [-0.25, -0.2) is 13.4 Å². The summed E-state index contributed by atoms with van der Waals surface area (Å²) in [5, 5.41) is 6.10. The van der Waals surface area contributed by atoms with Gasteiger partial charge in [-0.15, -0.1) is 11.3 Å². The Bertz CT molecular complexity index is 706. The average Bonchev–Trinajstić information content (AvgIpc) is 2.99. The van der Waals surface area contributed by atoms with Crippen molar-refractivity contribution in [3.8, 4) is 0 Å². The first-order valence-corrected chi connectivity index (χ1v) is 8.83. The van der Waals surface area contributed by atoms with Crippen LogP contribution in [-0.2, 0) is 23.1 Å². The zero-order valence-corrected chi connectivity index (χ0v) is 13.9. The standard InChI is InChI=1S/C12H19N5O2S2/c1-9-12(10(2)17(15-9)5-4-13)21(18,19)16(3)6-11-7-20-8-14-11/h7-8H,4-6,13H2,1-3H3. The first kappa shape index (κ1) is 16.1. The first-order chi connectivity index (χ1) is 9.87. The summed E-state index contributed by atoms with van der Waals surface area (Å²) in [6, 6.07) is 0. The van der Waals surface area contributed by atoms with Crippen LogP contribution in [0.5, 0.6) is 0 Å². The van der Waals surface area contributed by atoms with E-state index >= 15 is 0 Å². The van der Waals surface area contributed by atoms with Crippen LogP contribution in [0.25, 0.3) is 0 Å². The van der Waals surface area contributed by atoms with Gasteiger partial charge in [-0.1, -0.05) is 0 Å². The number of hydrogen-bond acceptors (Lipinski definition) is 6. The van der Waals surface area contributed by atoms with E-state index in [1.54, 1.807) is 31.1 Å². The molecule has 0 aliphatic carbocycles. The highest BCUT2D eigenvalue weighted by Gasteiger charge is 2.28. The zero-order valence-electron chi connectivity index (χ0n) is 12.3. The van der Waals surface area contributed by atoms with Gasteiger partial charge in [-0.05, 0) is 13.8 Å². The van der Waals surface area contributed by atoms with Crippen LogP contribution in [0.1, 0.15) is 17.1 Å². The van der Waals surface area contributed by atoms with Gasteiger partial charge in [0.05, 0.1) is 35.7 Å². The quantitative estimate of drug-likeness (QED) is 0.843. The fourth-order valence-corrected chi connectivity index (χ4v) is 4.23. The van der Waals surface area contributed by atoms with Gasteiger partial charge >= 0.3 is 0 Å². The molecule has 0 aliphatic heterocycles. The Hall–Kier alpha value is -1.29. The van der Waals surface area contributed by atoms with Gasteiger partial charge in [0, 0.05) is 19.0 Å². The molecule has 9 heteroatoms. The van der Waals surface area contributed by atoms with Gasteiger partial charge in [0.2, 0.25) is 10.0 Å². The largest absolute Gasteiger partial charge is 0.329 e. The third-order valence-corrected chi connectivity index (χ3v) is 5.88. The summed E-state index contributed by atoms with van der Waals surface area (Å²) in [4.78, 5) is 4.38. The van der Waals surface area contributed by atoms with Gasteiger partial charge in [0.25, 0.3) is 0 Å². The van der Waals surface area contributed by atoms with Crippen LogP contribution < -0.4 is 5.73 Å². The van der Waals surface area contributed by atoms with Crippen LogP contribution in [-0.4, -0.2) is 41.1 Å². The van der Waals surface area contributed by atoms with E-state index in [1.807, 2.05) is 5.38 Å². The predicted molar refractivity (Wildman–Crippen MR) is 81.5 cm³/mol. The second kappa shape index (κ2) is 6.22. The second-order valence-electron chi connectivity index (χ2n) is 4.75. The monoisotopic (exact) mass is 329 g/mol. The Balaban J connectivity index is 2.35. The lowest BCUT2D eigenvalue weighted by atomic mass is 10.4. The van der Waals surface area contributed by atoms with Gasteiger partial charge in [0.1, 0.15) is 4.90 Å². The van der Waals surface area contributed by atoms with Crippen LogP contribution in [0.2, 0.25) is 0 Å². The Morgan fingerprint density at radius 3 is 2.71 bits per heavy atom. The highest BCUT2D eigenvalue weighted by molar-refractivity contribution is 7.89. The number of sulfonamides is 1. The third-order valence-electron chi connectivity index (χ3n) is 3.19. The summed E-state index contributed by atoms with van der Waals surface area (Å²) < 4.78 is 28.4. The summed E-state index contributed by atoms with van der Waals surface area (Å²) in [5.74, 6) is 0. The van der Waals surface area contributed by atoms with Crippen molar-refractivity contribution in [3.05, 3.63) is 28.0 Å². The molecule has 21 heavy (non-hydrogen) atoms. The summed E-state index contributed by atoms with van der Waals surface area (Å²) >= 11 is 1.44. The van der Waals surface area contributed by atoms with Crippen molar-refractivity contribution in [2.75, 3.05) is 13.6 Å². The van der Waals surface area contributed by atoms with Crippen molar-refractivity contribution in [3.63, 3.8) is 0 Å². The van der Waals surface area contributed by atoms with Crippen molar-refractivity contribution in [2.45, 2.75) is 31.8 Å². The number of aromatic nitrogens is 3. The molecular formula is C12H19N5O2S2. The molecule has 2 aromatic rings. The van der Waals surface area contributed by atoms with Gasteiger partial charge in [-0.2, -0.15) is 9.40 Å². The van der Waals surface area contributed by atoms with E-state index < -0.39 is 10.0 Å². The number of hydrogen-bond donors (Lipinski definition) is 1. The molecule has 0 aromatic carbocycles. The molecule has 0 spiro atoms. The van der Waals surface area contributed by atoms with Crippen LogP contribution in [0.4, 0.5) is 0 Å². The minimum absolute atomic E-state index is 0.243. The molecule has 0 unspecified atom stereocenters. The minimum atomic E-state index is -3.60. The number of nitrogens with two attached hydrogens (primary N) is 1. The van der Waals surface area contributed by atoms with Crippen LogP contribution >= 0.6 is 11.3 Å². The van der Waals surface area contributed by atoms with E-state index in [-0.39, 0.29) is 11.4 Å². The van der Waals surface area contributed by atoms with Crippen molar-refractivity contribution >= 4 is 21.4 Å².